The molecule has 1 aromatic carbocycles. The Bertz CT molecular complexity index is 695. The van der Waals surface area contributed by atoms with Crippen LogP contribution in [0.3, 0.4) is 0 Å². The second-order valence-electron chi connectivity index (χ2n) is 4.29. The molecule has 0 saturated heterocycles. The van der Waals surface area contributed by atoms with E-state index in [1.165, 1.54) is 13.0 Å². The molecule has 2 aromatic rings. The highest BCUT2D eigenvalue weighted by Gasteiger charge is 2.19. The van der Waals surface area contributed by atoms with Gasteiger partial charge in [0.15, 0.2) is 11.4 Å². The number of hydrogen-bond acceptors (Lipinski definition) is 4. The fourth-order valence-electron chi connectivity index (χ4n) is 2.09. The highest BCUT2D eigenvalue weighted by Crippen LogP contribution is 2.32. The SMILES string of the molecule is CCc1cc2c(C)cc(=O)oc2c(C(C)=O)c1O. The van der Waals surface area contributed by atoms with Crippen molar-refractivity contribution >= 4 is 16.8 Å². The maximum atomic E-state index is 11.6. The van der Waals surface area contributed by atoms with Gasteiger partial charge in [-0.3, -0.25) is 4.79 Å². The third kappa shape index (κ3) is 1.79. The van der Waals surface area contributed by atoms with Crippen LogP contribution >= 0.6 is 0 Å². The van der Waals surface area contributed by atoms with Crippen LogP contribution in [0.15, 0.2) is 21.3 Å². The predicted octanol–water partition coefficient (Wildman–Crippen LogP) is 2.57. The lowest BCUT2D eigenvalue weighted by Gasteiger charge is -2.10. The summed E-state index contributed by atoms with van der Waals surface area (Å²) >= 11 is 0. The molecule has 0 bridgehead atoms. The molecule has 0 aliphatic heterocycles. The molecule has 0 aliphatic carbocycles. The fraction of sp³-hybridized carbons (Fsp3) is 0.286. The smallest absolute Gasteiger partial charge is 0.336 e. The van der Waals surface area contributed by atoms with E-state index in [1.807, 2.05) is 6.92 Å². The van der Waals surface area contributed by atoms with E-state index in [0.717, 1.165) is 5.56 Å². The van der Waals surface area contributed by atoms with Crippen molar-refractivity contribution < 1.29 is 14.3 Å². The van der Waals surface area contributed by atoms with Gasteiger partial charge in [0.1, 0.15) is 11.3 Å². The minimum Gasteiger partial charge on any atom is -0.507 e. The van der Waals surface area contributed by atoms with Gasteiger partial charge in [0.25, 0.3) is 0 Å². The Morgan fingerprint density at radius 2 is 2.06 bits per heavy atom. The van der Waals surface area contributed by atoms with E-state index in [2.05, 4.69) is 0 Å². The maximum absolute atomic E-state index is 11.6. The topological polar surface area (TPSA) is 67.5 Å². The molecule has 0 atom stereocenters. The molecule has 0 saturated carbocycles. The summed E-state index contributed by atoms with van der Waals surface area (Å²) in [6, 6.07) is 3.14. The second-order valence-corrected chi connectivity index (χ2v) is 4.29. The van der Waals surface area contributed by atoms with E-state index in [9.17, 15) is 14.7 Å². The van der Waals surface area contributed by atoms with Crippen LogP contribution in [0.5, 0.6) is 5.75 Å². The third-order valence-electron chi connectivity index (χ3n) is 3.03. The number of phenols is 1. The van der Waals surface area contributed by atoms with Gasteiger partial charge < -0.3 is 9.52 Å². The number of carbonyl (C=O) groups is 1. The van der Waals surface area contributed by atoms with Crippen molar-refractivity contribution in [2.24, 2.45) is 0 Å². The summed E-state index contributed by atoms with van der Waals surface area (Å²) in [6.07, 6.45) is 0.598. The number of ketones is 1. The lowest BCUT2D eigenvalue weighted by molar-refractivity contribution is 0.101. The molecule has 94 valence electrons. The number of phenolic OH excluding ortho intramolecular Hbond substituents is 1. The first-order chi connectivity index (χ1) is 8.45. The van der Waals surface area contributed by atoms with E-state index >= 15 is 0 Å². The number of fused-ring (bicyclic) bond motifs is 1. The van der Waals surface area contributed by atoms with Gasteiger partial charge in [-0.05, 0) is 37.5 Å². The average molecular weight is 246 g/mol. The number of benzene rings is 1. The van der Waals surface area contributed by atoms with Crippen LogP contribution in [-0.4, -0.2) is 10.9 Å². The van der Waals surface area contributed by atoms with Gasteiger partial charge in [-0.25, -0.2) is 4.79 Å². The number of Topliss-reactive ketones (excluding diaryl/α,β-unsaturated/α-hetero) is 1. The van der Waals surface area contributed by atoms with E-state index < -0.39 is 5.63 Å². The fourth-order valence-corrected chi connectivity index (χ4v) is 2.09. The van der Waals surface area contributed by atoms with Gasteiger partial charge in [-0.15, -0.1) is 0 Å². The molecule has 1 N–H and O–H groups in total. The van der Waals surface area contributed by atoms with Crippen molar-refractivity contribution in [2.75, 3.05) is 0 Å². The van der Waals surface area contributed by atoms with Crippen molar-refractivity contribution in [2.45, 2.75) is 27.2 Å². The van der Waals surface area contributed by atoms with Crippen LogP contribution < -0.4 is 5.63 Å². The summed E-state index contributed by atoms with van der Waals surface area (Å²) in [7, 11) is 0. The van der Waals surface area contributed by atoms with Gasteiger partial charge in [0, 0.05) is 11.5 Å². The zero-order valence-corrected chi connectivity index (χ0v) is 10.5. The van der Waals surface area contributed by atoms with Crippen molar-refractivity contribution in [3.63, 3.8) is 0 Å². The molecule has 2 rings (SSSR count). The molecule has 0 spiro atoms. The zero-order valence-electron chi connectivity index (χ0n) is 10.5. The Labute approximate surface area is 104 Å². The molecule has 1 aromatic heterocycles. The highest BCUT2D eigenvalue weighted by molar-refractivity contribution is 6.08. The number of rotatable bonds is 2. The Morgan fingerprint density at radius 3 is 2.61 bits per heavy atom. The monoisotopic (exact) mass is 246 g/mol. The summed E-state index contributed by atoms with van der Waals surface area (Å²) in [4.78, 5) is 23.0. The molecule has 0 fully saturated rings. The molecule has 1 heterocycles. The van der Waals surface area contributed by atoms with E-state index in [-0.39, 0.29) is 22.7 Å². The van der Waals surface area contributed by atoms with E-state index in [1.54, 1.807) is 13.0 Å². The Balaban J connectivity index is 3.05. The molecular formula is C14H14O4. The van der Waals surface area contributed by atoms with Gasteiger partial charge in [0.2, 0.25) is 0 Å². The van der Waals surface area contributed by atoms with Crippen LogP contribution in [0.1, 0.15) is 35.3 Å². The standard InChI is InChI=1S/C14H14O4/c1-4-9-6-10-7(2)5-11(16)18-14(10)12(8(3)15)13(9)17/h5-6,17H,4H2,1-3H3. The lowest BCUT2D eigenvalue weighted by atomic mass is 9.98. The Morgan fingerprint density at radius 1 is 1.39 bits per heavy atom. The number of aromatic hydroxyl groups is 1. The Kier molecular flexibility index (Phi) is 2.95. The zero-order chi connectivity index (χ0) is 13.4. The first-order valence-electron chi connectivity index (χ1n) is 5.76. The van der Waals surface area contributed by atoms with Crippen LogP contribution in [0.2, 0.25) is 0 Å². The minimum atomic E-state index is -0.522. The van der Waals surface area contributed by atoms with Crippen molar-refractivity contribution in [1.82, 2.24) is 0 Å². The highest BCUT2D eigenvalue weighted by atomic mass is 16.4. The molecular weight excluding hydrogens is 232 g/mol. The molecule has 0 unspecified atom stereocenters. The summed E-state index contributed by atoms with van der Waals surface area (Å²) < 4.78 is 5.08. The molecule has 4 heteroatoms. The van der Waals surface area contributed by atoms with Crippen molar-refractivity contribution in [3.05, 3.63) is 39.2 Å². The average Bonchev–Trinajstić information content (AvgIpc) is 2.27. The summed E-state index contributed by atoms with van der Waals surface area (Å²) in [6.45, 7) is 5.01. The van der Waals surface area contributed by atoms with Gasteiger partial charge in [-0.2, -0.15) is 0 Å². The van der Waals surface area contributed by atoms with Crippen LogP contribution in [0, 0.1) is 6.92 Å². The third-order valence-corrected chi connectivity index (χ3v) is 3.03. The summed E-state index contributed by atoms with van der Waals surface area (Å²) in [5.74, 6) is -0.409. The normalized spacial score (nSPS) is 10.8. The molecule has 0 radical (unpaired) electrons. The Hall–Kier alpha value is -2.10. The van der Waals surface area contributed by atoms with Crippen LogP contribution in [0.25, 0.3) is 11.0 Å². The minimum absolute atomic E-state index is 0.0881. The molecule has 18 heavy (non-hydrogen) atoms. The molecule has 0 aliphatic rings. The largest absolute Gasteiger partial charge is 0.507 e. The van der Waals surface area contributed by atoms with Crippen molar-refractivity contribution in [1.29, 1.82) is 0 Å². The first kappa shape index (κ1) is 12.4. The number of carbonyl (C=O) groups excluding carboxylic acids is 1. The summed E-state index contributed by atoms with van der Waals surface area (Å²) in [5, 5.41) is 10.7. The van der Waals surface area contributed by atoms with Crippen LogP contribution in [0.4, 0.5) is 0 Å². The van der Waals surface area contributed by atoms with Gasteiger partial charge in [0.05, 0.1) is 0 Å². The van der Waals surface area contributed by atoms with Crippen LogP contribution in [-0.2, 0) is 6.42 Å². The maximum Gasteiger partial charge on any atom is 0.336 e. The quantitative estimate of drug-likeness (QED) is 0.653. The predicted molar refractivity (Wildman–Crippen MR) is 68.3 cm³/mol. The van der Waals surface area contributed by atoms with E-state index in [0.29, 0.717) is 17.4 Å². The van der Waals surface area contributed by atoms with Crippen molar-refractivity contribution in [3.8, 4) is 5.75 Å². The van der Waals surface area contributed by atoms with Gasteiger partial charge in [-0.1, -0.05) is 6.92 Å². The number of hydrogen-bond donors (Lipinski definition) is 1. The first-order valence-corrected chi connectivity index (χ1v) is 5.76. The van der Waals surface area contributed by atoms with E-state index in [4.69, 9.17) is 4.42 Å². The summed E-state index contributed by atoms with van der Waals surface area (Å²) in [5.41, 5.74) is 1.14. The lowest BCUT2D eigenvalue weighted by Crippen LogP contribution is -2.04. The molecule has 0 amide bonds. The second kappa shape index (κ2) is 4.29. The number of aryl methyl sites for hydroxylation is 2. The van der Waals surface area contributed by atoms with Gasteiger partial charge >= 0.3 is 5.63 Å². The molecule has 4 nitrogen and oxygen atoms in total.